The molecule has 226 valence electrons. The van der Waals surface area contributed by atoms with Crippen molar-refractivity contribution in [1.82, 2.24) is 4.90 Å². The largest absolute Gasteiger partial charge is 0.481 e. The predicted molar refractivity (Wildman–Crippen MR) is 166 cm³/mol. The number of rotatable bonds is 19. The summed E-state index contributed by atoms with van der Waals surface area (Å²) in [5, 5.41) is 9.36. The van der Waals surface area contributed by atoms with Gasteiger partial charge in [0, 0.05) is 18.5 Å². The van der Waals surface area contributed by atoms with Crippen molar-refractivity contribution in [3.05, 3.63) is 48.0 Å². The van der Waals surface area contributed by atoms with E-state index in [-0.39, 0.29) is 12.6 Å². The molecule has 2 fully saturated rings. The monoisotopic (exact) mass is 555 g/mol. The molecule has 0 amide bonds. The number of fused-ring (bicyclic) bond motifs is 2. The number of carboxylic acids is 1. The number of benzene rings is 1. The zero-order valence-electron chi connectivity index (χ0n) is 25.5. The lowest BCUT2D eigenvalue weighted by atomic mass is 10.0. The van der Waals surface area contributed by atoms with E-state index < -0.39 is 11.9 Å². The summed E-state index contributed by atoms with van der Waals surface area (Å²) in [4.78, 5) is 25.9. The molecule has 3 rings (SSSR count). The second-order valence-electron chi connectivity index (χ2n) is 11.8. The van der Waals surface area contributed by atoms with Crippen molar-refractivity contribution < 1.29 is 19.4 Å². The molecule has 1 aromatic rings. The number of esters is 1. The summed E-state index contributed by atoms with van der Waals surface area (Å²) in [6.07, 6.45) is 28.2. The Hall–Kier alpha value is -2.14. The number of carboxylic acid groups (broad SMARTS) is 1. The average Bonchev–Trinajstić information content (AvgIpc) is 3.13. The number of allylic oxidation sites excluding steroid dienone is 2. The van der Waals surface area contributed by atoms with Crippen molar-refractivity contribution in [3.8, 4) is 0 Å². The van der Waals surface area contributed by atoms with Crippen molar-refractivity contribution in [2.75, 3.05) is 13.7 Å². The van der Waals surface area contributed by atoms with E-state index in [1.54, 1.807) is 24.3 Å². The Bertz CT molecular complexity index is 808. The first-order valence-electron chi connectivity index (χ1n) is 16.3. The quantitative estimate of drug-likeness (QED) is 0.105. The van der Waals surface area contributed by atoms with E-state index in [4.69, 9.17) is 4.74 Å². The lowest BCUT2D eigenvalue weighted by Gasteiger charge is -2.30. The Morgan fingerprint density at radius 3 is 1.95 bits per heavy atom. The Morgan fingerprint density at radius 2 is 1.40 bits per heavy atom. The Kier molecular flexibility index (Phi) is 18.4. The number of unbranched alkanes of at least 4 members (excludes halogenated alkanes) is 11. The van der Waals surface area contributed by atoms with E-state index in [2.05, 4.69) is 31.0 Å². The first-order chi connectivity index (χ1) is 19.5. The fourth-order valence-electron chi connectivity index (χ4n) is 5.96. The average molecular weight is 556 g/mol. The second kappa shape index (κ2) is 21.6. The number of carbonyl (C=O) groups excluding carboxylic acids is 1. The molecule has 1 aromatic carbocycles. The third-order valence-electron chi connectivity index (χ3n) is 8.61. The molecule has 40 heavy (non-hydrogen) atoms. The Morgan fingerprint density at radius 1 is 0.850 bits per heavy atom. The Balaban J connectivity index is 0.000000515. The highest BCUT2D eigenvalue weighted by Gasteiger charge is 2.33. The van der Waals surface area contributed by atoms with Gasteiger partial charge >= 0.3 is 11.9 Å². The number of aliphatic carboxylic acids is 1. The third kappa shape index (κ3) is 14.5. The number of piperidine rings is 1. The highest BCUT2D eigenvalue weighted by Crippen LogP contribution is 2.33. The van der Waals surface area contributed by atoms with Gasteiger partial charge in [-0.1, -0.05) is 107 Å². The van der Waals surface area contributed by atoms with E-state index in [0.717, 1.165) is 37.8 Å². The van der Waals surface area contributed by atoms with Crippen LogP contribution in [0.3, 0.4) is 0 Å². The molecule has 0 spiro atoms. The van der Waals surface area contributed by atoms with Crippen LogP contribution in [0, 0.1) is 0 Å². The minimum atomic E-state index is -0.972. The summed E-state index contributed by atoms with van der Waals surface area (Å²) in [5.41, 5.74) is 0.656. The first kappa shape index (κ1) is 34.1. The normalized spacial score (nSPS) is 19.2. The number of nitrogens with zero attached hydrogens (tertiary/aromatic N) is 1. The zero-order valence-corrected chi connectivity index (χ0v) is 25.5. The molecule has 3 unspecified atom stereocenters. The molecule has 0 aromatic heterocycles. The van der Waals surface area contributed by atoms with E-state index in [1.165, 1.54) is 89.9 Å². The van der Waals surface area contributed by atoms with E-state index in [1.807, 2.05) is 6.07 Å². The van der Waals surface area contributed by atoms with Crippen molar-refractivity contribution >= 4 is 11.9 Å². The summed E-state index contributed by atoms with van der Waals surface area (Å²) in [6, 6.07) is 10.8. The summed E-state index contributed by atoms with van der Waals surface area (Å²) < 4.78 is 5.21. The maximum Gasteiger partial charge on any atom is 0.314 e. The molecule has 0 aliphatic carbocycles. The van der Waals surface area contributed by atoms with Crippen molar-refractivity contribution in [2.45, 2.75) is 147 Å². The first-order valence-corrected chi connectivity index (χ1v) is 16.3. The highest BCUT2D eigenvalue weighted by atomic mass is 16.5. The number of carbonyl (C=O) groups is 2. The van der Waals surface area contributed by atoms with Crippen LogP contribution in [0.5, 0.6) is 0 Å². The SMILES string of the molecule is CCCCCCCC/C=C\CCCCCCCC(=O)OCC(C(=O)O)c1ccccc1.CN1C2CCCC1CC2. The van der Waals surface area contributed by atoms with Gasteiger partial charge in [-0.2, -0.15) is 0 Å². The van der Waals surface area contributed by atoms with Gasteiger partial charge in [-0.3, -0.25) is 9.59 Å². The molecule has 3 atom stereocenters. The fraction of sp³-hybridized carbons (Fsp3) is 0.714. The zero-order chi connectivity index (χ0) is 28.8. The lowest BCUT2D eigenvalue weighted by molar-refractivity contribution is -0.148. The summed E-state index contributed by atoms with van der Waals surface area (Å²) in [7, 11) is 2.29. The molecule has 1 N–H and O–H groups in total. The second-order valence-corrected chi connectivity index (χ2v) is 11.8. The van der Waals surface area contributed by atoms with Crippen LogP contribution in [-0.4, -0.2) is 47.7 Å². The van der Waals surface area contributed by atoms with Crippen LogP contribution >= 0.6 is 0 Å². The standard InChI is InChI=1S/C27H42O4.C8H15N/c1-2-3-4-5-6-7-8-9-10-11-12-13-14-15-19-22-26(28)31-23-25(27(29)30)24-20-17-16-18-21-24;1-9-7-3-2-4-8(9)6-5-7/h9-10,16-18,20-21,25H,2-8,11-15,19,22-23H2,1H3,(H,29,30);7-8H,2-6H2,1H3/b10-9-;. The number of hydrogen-bond donors (Lipinski definition) is 1. The fourth-order valence-corrected chi connectivity index (χ4v) is 5.96. The molecule has 2 bridgehead atoms. The van der Waals surface area contributed by atoms with Crippen LogP contribution in [0.15, 0.2) is 42.5 Å². The Labute approximate surface area is 244 Å². The lowest BCUT2D eigenvalue weighted by Crippen LogP contribution is -2.35. The van der Waals surface area contributed by atoms with Gasteiger partial charge in [-0.15, -0.1) is 0 Å². The molecule has 5 heteroatoms. The van der Waals surface area contributed by atoms with Crippen LogP contribution in [0.25, 0.3) is 0 Å². The maximum atomic E-state index is 11.9. The highest BCUT2D eigenvalue weighted by molar-refractivity contribution is 5.77. The molecule has 0 radical (unpaired) electrons. The molecule has 5 nitrogen and oxygen atoms in total. The smallest absolute Gasteiger partial charge is 0.314 e. The van der Waals surface area contributed by atoms with Crippen LogP contribution in [0.2, 0.25) is 0 Å². The minimum absolute atomic E-state index is 0.108. The number of hydrogen-bond acceptors (Lipinski definition) is 4. The van der Waals surface area contributed by atoms with Gasteiger partial charge in [-0.05, 0) is 70.4 Å². The van der Waals surface area contributed by atoms with E-state index in [9.17, 15) is 14.7 Å². The van der Waals surface area contributed by atoms with Crippen molar-refractivity contribution in [3.63, 3.8) is 0 Å². The van der Waals surface area contributed by atoms with Gasteiger partial charge in [0.15, 0.2) is 0 Å². The van der Waals surface area contributed by atoms with Gasteiger partial charge < -0.3 is 14.7 Å². The molecule has 2 aliphatic heterocycles. The van der Waals surface area contributed by atoms with Crippen molar-refractivity contribution in [2.24, 2.45) is 0 Å². The third-order valence-corrected chi connectivity index (χ3v) is 8.61. The number of ether oxygens (including phenoxy) is 1. The molecule has 2 aliphatic rings. The molecular formula is C35H57NO4. The van der Waals surface area contributed by atoms with Crippen LogP contribution < -0.4 is 0 Å². The van der Waals surface area contributed by atoms with Crippen LogP contribution in [0.4, 0.5) is 0 Å². The topological polar surface area (TPSA) is 66.8 Å². The van der Waals surface area contributed by atoms with Crippen LogP contribution in [-0.2, 0) is 14.3 Å². The molecule has 2 saturated heterocycles. The molecule has 2 heterocycles. The van der Waals surface area contributed by atoms with Gasteiger partial charge in [0.05, 0.1) is 0 Å². The van der Waals surface area contributed by atoms with Gasteiger partial charge in [0.25, 0.3) is 0 Å². The van der Waals surface area contributed by atoms with E-state index >= 15 is 0 Å². The van der Waals surface area contributed by atoms with Gasteiger partial charge in [0.2, 0.25) is 0 Å². The maximum absolute atomic E-state index is 11.9. The van der Waals surface area contributed by atoms with E-state index in [0.29, 0.717) is 12.0 Å². The summed E-state index contributed by atoms with van der Waals surface area (Å²) in [5.74, 6) is -2.08. The van der Waals surface area contributed by atoms with Crippen molar-refractivity contribution in [1.29, 1.82) is 0 Å². The molecule has 0 saturated carbocycles. The predicted octanol–water partition coefficient (Wildman–Crippen LogP) is 9.07. The minimum Gasteiger partial charge on any atom is -0.481 e. The van der Waals surface area contributed by atoms with Gasteiger partial charge in [0.1, 0.15) is 12.5 Å². The molecular weight excluding hydrogens is 498 g/mol. The summed E-state index contributed by atoms with van der Waals surface area (Å²) >= 11 is 0. The summed E-state index contributed by atoms with van der Waals surface area (Å²) in [6.45, 7) is 2.14. The van der Waals surface area contributed by atoms with Gasteiger partial charge in [-0.25, -0.2) is 0 Å². The van der Waals surface area contributed by atoms with Crippen LogP contribution in [0.1, 0.15) is 140 Å².